The van der Waals surface area contributed by atoms with Crippen LogP contribution in [0.5, 0.6) is 0 Å². The number of anilines is 1. The molecule has 0 saturated heterocycles. The minimum absolute atomic E-state index is 0.0809. The topological polar surface area (TPSA) is 23.5 Å². The van der Waals surface area contributed by atoms with Gasteiger partial charge in [-0.1, -0.05) is 37.3 Å². The summed E-state index contributed by atoms with van der Waals surface area (Å²) in [6.45, 7) is 5.63. The molecule has 3 heteroatoms. The molecule has 0 spiro atoms. The predicted octanol–water partition coefficient (Wildman–Crippen LogP) is 4.02. The Morgan fingerprint density at radius 3 is 2.24 bits per heavy atom. The van der Waals surface area contributed by atoms with E-state index >= 15 is 0 Å². The summed E-state index contributed by atoms with van der Waals surface area (Å²) >= 11 is 0. The maximum atomic E-state index is 13.0. The average molecular weight is 287 g/mol. The van der Waals surface area contributed by atoms with Gasteiger partial charge in [0, 0.05) is 24.7 Å². The first-order valence-electron chi connectivity index (χ1n) is 7.35. The van der Waals surface area contributed by atoms with Gasteiger partial charge in [0.15, 0.2) is 0 Å². The zero-order chi connectivity index (χ0) is 15.2. The number of hydrogen-bond donors (Lipinski definition) is 1. The Balaban J connectivity index is 2.06. The standard InChI is InChI=1S/C18H22FNO/c1-3-20(17-11-9-16(19)10-12-17)13-14(2)18(21)15-7-5-4-6-8-15/h4-12,14,18,21H,3,13H2,1-2H3. The molecule has 2 rings (SSSR count). The minimum Gasteiger partial charge on any atom is -0.388 e. The summed E-state index contributed by atoms with van der Waals surface area (Å²) in [7, 11) is 0. The van der Waals surface area contributed by atoms with Crippen molar-refractivity contribution in [1.29, 1.82) is 0 Å². The molecule has 0 amide bonds. The zero-order valence-corrected chi connectivity index (χ0v) is 12.5. The van der Waals surface area contributed by atoms with E-state index in [2.05, 4.69) is 11.8 Å². The lowest BCUT2D eigenvalue weighted by atomic mass is 9.96. The van der Waals surface area contributed by atoms with Crippen molar-refractivity contribution in [2.45, 2.75) is 20.0 Å². The molecular weight excluding hydrogens is 265 g/mol. The molecule has 0 fully saturated rings. The number of nitrogens with zero attached hydrogens (tertiary/aromatic N) is 1. The van der Waals surface area contributed by atoms with Gasteiger partial charge in [-0.15, -0.1) is 0 Å². The van der Waals surface area contributed by atoms with Gasteiger partial charge in [0.05, 0.1) is 6.10 Å². The van der Waals surface area contributed by atoms with Gasteiger partial charge in [0.1, 0.15) is 5.82 Å². The maximum Gasteiger partial charge on any atom is 0.123 e. The van der Waals surface area contributed by atoms with Gasteiger partial charge in [-0.3, -0.25) is 0 Å². The normalized spacial score (nSPS) is 13.7. The minimum atomic E-state index is -0.499. The lowest BCUT2D eigenvalue weighted by Gasteiger charge is -2.29. The van der Waals surface area contributed by atoms with Gasteiger partial charge in [-0.2, -0.15) is 0 Å². The van der Waals surface area contributed by atoms with Crippen LogP contribution in [0.1, 0.15) is 25.5 Å². The monoisotopic (exact) mass is 287 g/mol. The highest BCUT2D eigenvalue weighted by Crippen LogP contribution is 2.24. The maximum absolute atomic E-state index is 13.0. The molecular formula is C18H22FNO. The van der Waals surface area contributed by atoms with E-state index in [0.717, 1.165) is 24.3 Å². The van der Waals surface area contributed by atoms with Crippen LogP contribution < -0.4 is 4.90 Å². The second-order valence-electron chi connectivity index (χ2n) is 5.35. The Labute approximate surface area is 125 Å². The lowest BCUT2D eigenvalue weighted by Crippen LogP contribution is -2.30. The van der Waals surface area contributed by atoms with E-state index in [4.69, 9.17) is 0 Å². The van der Waals surface area contributed by atoms with Crippen LogP contribution in [0, 0.1) is 11.7 Å². The number of aliphatic hydroxyl groups is 1. The molecule has 0 aliphatic rings. The van der Waals surface area contributed by atoms with E-state index in [1.165, 1.54) is 12.1 Å². The highest BCUT2D eigenvalue weighted by Gasteiger charge is 2.19. The Morgan fingerprint density at radius 1 is 1.05 bits per heavy atom. The number of aliphatic hydroxyl groups excluding tert-OH is 1. The third-order valence-corrected chi connectivity index (χ3v) is 3.76. The molecule has 2 aromatic carbocycles. The van der Waals surface area contributed by atoms with Crippen LogP contribution in [0.4, 0.5) is 10.1 Å². The molecule has 2 unspecified atom stereocenters. The molecule has 0 heterocycles. The van der Waals surface area contributed by atoms with Crippen molar-refractivity contribution in [2.75, 3.05) is 18.0 Å². The smallest absolute Gasteiger partial charge is 0.123 e. The number of benzene rings is 2. The van der Waals surface area contributed by atoms with Crippen molar-refractivity contribution >= 4 is 5.69 Å². The van der Waals surface area contributed by atoms with Gasteiger partial charge in [-0.05, 0) is 36.8 Å². The van der Waals surface area contributed by atoms with Gasteiger partial charge in [0.25, 0.3) is 0 Å². The molecule has 2 aromatic rings. The van der Waals surface area contributed by atoms with Gasteiger partial charge in [-0.25, -0.2) is 4.39 Å². The van der Waals surface area contributed by atoms with Gasteiger partial charge in [0.2, 0.25) is 0 Å². The molecule has 1 N–H and O–H groups in total. The summed E-state index contributed by atoms with van der Waals surface area (Å²) in [6, 6.07) is 16.2. The number of halogens is 1. The highest BCUT2D eigenvalue weighted by atomic mass is 19.1. The van der Waals surface area contributed by atoms with E-state index < -0.39 is 6.10 Å². The third-order valence-electron chi connectivity index (χ3n) is 3.76. The van der Waals surface area contributed by atoms with Crippen LogP contribution >= 0.6 is 0 Å². The van der Waals surface area contributed by atoms with Gasteiger partial charge < -0.3 is 10.0 Å². The summed E-state index contributed by atoms with van der Waals surface area (Å²) in [5.41, 5.74) is 1.91. The van der Waals surface area contributed by atoms with Crippen LogP contribution in [-0.2, 0) is 0 Å². The quantitative estimate of drug-likeness (QED) is 0.867. The van der Waals surface area contributed by atoms with E-state index in [1.54, 1.807) is 12.1 Å². The summed E-state index contributed by atoms with van der Waals surface area (Å²) in [5.74, 6) is -0.149. The van der Waals surface area contributed by atoms with E-state index in [9.17, 15) is 9.50 Å². The summed E-state index contributed by atoms with van der Waals surface area (Å²) < 4.78 is 13.0. The Morgan fingerprint density at radius 2 is 1.67 bits per heavy atom. The van der Waals surface area contributed by atoms with E-state index in [0.29, 0.717) is 0 Å². The van der Waals surface area contributed by atoms with Crippen molar-refractivity contribution < 1.29 is 9.50 Å². The second kappa shape index (κ2) is 7.23. The fourth-order valence-corrected chi connectivity index (χ4v) is 2.50. The van der Waals surface area contributed by atoms with Crippen LogP contribution in [0.3, 0.4) is 0 Å². The van der Waals surface area contributed by atoms with E-state index in [1.807, 2.05) is 37.3 Å². The van der Waals surface area contributed by atoms with Crippen molar-refractivity contribution in [1.82, 2.24) is 0 Å². The van der Waals surface area contributed by atoms with Crippen LogP contribution in [0.25, 0.3) is 0 Å². The molecule has 21 heavy (non-hydrogen) atoms. The molecule has 112 valence electrons. The largest absolute Gasteiger partial charge is 0.388 e. The second-order valence-corrected chi connectivity index (χ2v) is 5.35. The summed E-state index contributed by atoms with van der Waals surface area (Å²) in [6.07, 6.45) is -0.499. The summed E-state index contributed by atoms with van der Waals surface area (Å²) in [5, 5.41) is 10.4. The molecule has 0 saturated carbocycles. The van der Waals surface area contributed by atoms with Crippen LogP contribution in [-0.4, -0.2) is 18.2 Å². The van der Waals surface area contributed by atoms with Crippen molar-refractivity contribution in [2.24, 2.45) is 5.92 Å². The Hall–Kier alpha value is -1.87. The predicted molar refractivity (Wildman–Crippen MR) is 84.9 cm³/mol. The zero-order valence-electron chi connectivity index (χ0n) is 12.5. The lowest BCUT2D eigenvalue weighted by molar-refractivity contribution is 0.120. The Bertz CT molecular complexity index is 541. The van der Waals surface area contributed by atoms with Crippen molar-refractivity contribution in [3.8, 4) is 0 Å². The molecule has 0 radical (unpaired) electrons. The van der Waals surface area contributed by atoms with Gasteiger partial charge >= 0.3 is 0 Å². The molecule has 0 aliphatic heterocycles. The third kappa shape index (κ3) is 4.05. The van der Waals surface area contributed by atoms with E-state index in [-0.39, 0.29) is 11.7 Å². The van der Waals surface area contributed by atoms with Crippen LogP contribution in [0.15, 0.2) is 54.6 Å². The molecule has 0 aromatic heterocycles. The molecule has 2 nitrogen and oxygen atoms in total. The highest BCUT2D eigenvalue weighted by molar-refractivity contribution is 5.46. The average Bonchev–Trinajstić information content (AvgIpc) is 2.53. The first kappa shape index (κ1) is 15.5. The Kier molecular flexibility index (Phi) is 5.34. The first-order valence-corrected chi connectivity index (χ1v) is 7.35. The SMILES string of the molecule is CCN(CC(C)C(O)c1ccccc1)c1ccc(F)cc1. The van der Waals surface area contributed by atoms with Crippen molar-refractivity contribution in [3.05, 3.63) is 66.0 Å². The summed E-state index contributed by atoms with van der Waals surface area (Å²) in [4.78, 5) is 2.15. The van der Waals surface area contributed by atoms with Crippen LogP contribution in [0.2, 0.25) is 0 Å². The van der Waals surface area contributed by atoms with Crippen molar-refractivity contribution in [3.63, 3.8) is 0 Å². The molecule has 0 bridgehead atoms. The molecule has 2 atom stereocenters. The number of hydrogen-bond acceptors (Lipinski definition) is 2. The fraction of sp³-hybridized carbons (Fsp3) is 0.333. The number of rotatable bonds is 6. The fourth-order valence-electron chi connectivity index (χ4n) is 2.50. The first-order chi connectivity index (χ1) is 10.1. The molecule has 0 aliphatic carbocycles.